The van der Waals surface area contributed by atoms with Crippen LogP contribution in [0.3, 0.4) is 0 Å². The fourth-order valence-electron chi connectivity index (χ4n) is 4.39. The summed E-state index contributed by atoms with van der Waals surface area (Å²) in [6.07, 6.45) is -3.72. The molecule has 5 rings (SSSR count). The molecule has 0 spiro atoms. The molecule has 0 radical (unpaired) electrons. The van der Waals surface area contributed by atoms with Crippen LogP contribution in [-0.4, -0.2) is 58.3 Å². The molecule has 0 unspecified atom stereocenters. The van der Waals surface area contributed by atoms with Crippen molar-refractivity contribution in [2.24, 2.45) is 7.05 Å². The number of halogens is 5. The number of ether oxygens (including phenoxy) is 1. The molecule has 12 heteroatoms. The number of hydrogen-bond acceptors (Lipinski definition) is 6. The van der Waals surface area contributed by atoms with Crippen molar-refractivity contribution in [2.75, 3.05) is 31.2 Å². The highest BCUT2D eigenvalue weighted by atomic mass is 19.4. The molecular formula is C20H18F5N5O2. The number of piperazine rings is 1. The van der Waals surface area contributed by atoms with E-state index < -0.39 is 34.7 Å². The highest BCUT2D eigenvalue weighted by molar-refractivity contribution is 5.94. The Hall–Kier alpha value is -2.99. The number of hydrogen-bond donors (Lipinski definition) is 2. The molecular weight excluding hydrogens is 437 g/mol. The van der Waals surface area contributed by atoms with Gasteiger partial charge in [0.15, 0.2) is 17.4 Å². The van der Waals surface area contributed by atoms with Crippen molar-refractivity contribution in [1.29, 1.82) is 0 Å². The number of rotatable bonds is 2. The van der Waals surface area contributed by atoms with Crippen molar-refractivity contribution in [3.05, 3.63) is 35.5 Å². The van der Waals surface area contributed by atoms with Crippen molar-refractivity contribution >= 4 is 16.7 Å². The first kappa shape index (κ1) is 20.9. The first-order chi connectivity index (χ1) is 15.2. The number of phenols is 1. The number of alkyl halides is 3. The highest BCUT2D eigenvalue weighted by Gasteiger charge is 2.39. The number of aromatic nitrogens is 3. The van der Waals surface area contributed by atoms with Crippen LogP contribution in [0.4, 0.5) is 27.8 Å². The van der Waals surface area contributed by atoms with E-state index in [2.05, 4.69) is 20.3 Å². The molecule has 3 aromatic rings. The number of benzene rings is 1. The molecule has 2 fully saturated rings. The summed E-state index contributed by atoms with van der Waals surface area (Å²) in [7, 11) is 1.56. The van der Waals surface area contributed by atoms with Crippen LogP contribution in [-0.2, 0) is 18.0 Å². The minimum absolute atomic E-state index is 0.0704. The third-order valence-electron chi connectivity index (χ3n) is 5.89. The Morgan fingerprint density at radius 2 is 1.81 bits per heavy atom. The summed E-state index contributed by atoms with van der Waals surface area (Å²) in [6, 6.07) is 2.19. The van der Waals surface area contributed by atoms with Gasteiger partial charge in [-0.05, 0) is 6.07 Å². The Labute approximate surface area is 178 Å². The van der Waals surface area contributed by atoms with Crippen molar-refractivity contribution in [3.8, 4) is 17.0 Å². The van der Waals surface area contributed by atoms with Crippen LogP contribution in [0, 0.1) is 11.6 Å². The number of anilines is 1. The molecule has 1 aromatic carbocycles. The van der Waals surface area contributed by atoms with E-state index in [1.807, 2.05) is 0 Å². The van der Waals surface area contributed by atoms with E-state index >= 15 is 0 Å². The van der Waals surface area contributed by atoms with Gasteiger partial charge >= 0.3 is 6.18 Å². The lowest BCUT2D eigenvalue weighted by atomic mass is 10.0. The molecule has 7 nitrogen and oxygen atoms in total. The summed E-state index contributed by atoms with van der Waals surface area (Å²) < 4.78 is 75.1. The van der Waals surface area contributed by atoms with Gasteiger partial charge in [-0.2, -0.15) is 18.3 Å². The van der Waals surface area contributed by atoms with Gasteiger partial charge in [-0.25, -0.2) is 13.8 Å². The van der Waals surface area contributed by atoms with E-state index in [1.54, 1.807) is 13.1 Å². The van der Waals surface area contributed by atoms with Crippen molar-refractivity contribution < 1.29 is 31.8 Å². The summed E-state index contributed by atoms with van der Waals surface area (Å²) in [4.78, 5) is 6.60. The Bertz CT molecular complexity index is 1190. The Morgan fingerprint density at radius 1 is 1.12 bits per heavy atom. The number of aromatic hydroxyl groups is 1. The summed E-state index contributed by atoms with van der Waals surface area (Å²) in [5.74, 6) is -4.64. The average Bonchev–Trinajstić information content (AvgIpc) is 3.06. The van der Waals surface area contributed by atoms with Gasteiger partial charge in [0.25, 0.3) is 0 Å². The molecule has 2 aliphatic rings. The van der Waals surface area contributed by atoms with Gasteiger partial charge in [0.05, 0.1) is 36.4 Å². The summed E-state index contributed by atoms with van der Waals surface area (Å²) in [5.41, 5.74) is -2.12. The van der Waals surface area contributed by atoms with Crippen LogP contribution in [0.25, 0.3) is 22.2 Å². The molecule has 2 bridgehead atoms. The Balaban J connectivity index is 1.64. The van der Waals surface area contributed by atoms with E-state index in [-0.39, 0.29) is 23.2 Å². The lowest BCUT2D eigenvalue weighted by molar-refractivity contribution is -0.140. The van der Waals surface area contributed by atoms with Gasteiger partial charge in [0.1, 0.15) is 11.5 Å². The zero-order valence-corrected chi connectivity index (χ0v) is 16.7. The number of morpholine rings is 1. The summed E-state index contributed by atoms with van der Waals surface area (Å²) >= 11 is 0. The zero-order valence-electron chi connectivity index (χ0n) is 16.7. The maximum absolute atomic E-state index is 14.6. The van der Waals surface area contributed by atoms with E-state index in [4.69, 9.17) is 4.74 Å². The summed E-state index contributed by atoms with van der Waals surface area (Å²) in [6.45, 7) is 2.49. The number of pyridine rings is 1. The molecule has 170 valence electrons. The van der Waals surface area contributed by atoms with Gasteiger partial charge in [-0.3, -0.25) is 4.68 Å². The quantitative estimate of drug-likeness (QED) is 0.579. The maximum Gasteiger partial charge on any atom is 0.419 e. The largest absolute Gasteiger partial charge is 0.503 e. The normalized spacial score (nSPS) is 21.4. The van der Waals surface area contributed by atoms with Gasteiger partial charge < -0.3 is 20.1 Å². The second-order valence-corrected chi connectivity index (χ2v) is 7.89. The van der Waals surface area contributed by atoms with Crippen LogP contribution in [0.15, 0.2) is 18.3 Å². The predicted octanol–water partition coefficient (Wildman–Crippen LogP) is 2.81. The van der Waals surface area contributed by atoms with Crippen LogP contribution in [0.2, 0.25) is 0 Å². The smallest absolute Gasteiger partial charge is 0.419 e. The van der Waals surface area contributed by atoms with E-state index in [1.165, 1.54) is 10.9 Å². The maximum atomic E-state index is 14.6. The fourth-order valence-corrected chi connectivity index (χ4v) is 4.39. The number of phenolic OH excluding ortho intramolecular Hbond substituents is 1. The second-order valence-electron chi connectivity index (χ2n) is 7.89. The third kappa shape index (κ3) is 3.16. The molecule has 0 amide bonds. The molecule has 0 saturated carbocycles. The van der Waals surface area contributed by atoms with Crippen LogP contribution in [0.5, 0.6) is 5.75 Å². The molecule has 32 heavy (non-hydrogen) atoms. The average molecular weight is 455 g/mol. The third-order valence-corrected chi connectivity index (χ3v) is 5.89. The van der Waals surface area contributed by atoms with E-state index in [0.29, 0.717) is 43.7 Å². The topological polar surface area (TPSA) is 75.4 Å². The van der Waals surface area contributed by atoms with Crippen LogP contribution in [0.1, 0.15) is 5.56 Å². The standard InChI is InChI=1S/C20H18F5N5O2/c1-29-14-3-15(30-9-4-26-5-10(30)8-32-7-9)27-6-12(14)18(28-29)11-2-13(20(23,24)25)17(22)19(31)16(11)21/h2-3,6,9-10,26,31H,4-5,7-8H2,1H3/t9-,10+. The van der Waals surface area contributed by atoms with E-state index in [0.717, 1.165) is 0 Å². The van der Waals surface area contributed by atoms with Crippen molar-refractivity contribution in [2.45, 2.75) is 18.3 Å². The van der Waals surface area contributed by atoms with Crippen molar-refractivity contribution in [3.63, 3.8) is 0 Å². The number of fused-ring (bicyclic) bond motifs is 3. The molecule has 2 aromatic heterocycles. The highest BCUT2D eigenvalue weighted by Crippen LogP contribution is 2.41. The van der Waals surface area contributed by atoms with E-state index in [9.17, 15) is 27.1 Å². The molecule has 2 N–H and O–H groups in total. The van der Waals surface area contributed by atoms with Gasteiger partial charge in [-0.1, -0.05) is 0 Å². The van der Waals surface area contributed by atoms with Gasteiger partial charge in [0.2, 0.25) is 0 Å². The lowest BCUT2D eigenvalue weighted by Gasteiger charge is -2.46. The summed E-state index contributed by atoms with van der Waals surface area (Å²) in [5, 5.41) is 17.4. The van der Waals surface area contributed by atoms with Gasteiger partial charge in [-0.15, -0.1) is 0 Å². The Morgan fingerprint density at radius 3 is 2.47 bits per heavy atom. The monoisotopic (exact) mass is 455 g/mol. The zero-order chi connectivity index (χ0) is 22.8. The Kier molecular flexibility index (Phi) is 4.75. The number of aryl methyl sites for hydroxylation is 1. The van der Waals surface area contributed by atoms with Crippen molar-refractivity contribution in [1.82, 2.24) is 20.1 Å². The number of nitrogens with zero attached hydrogens (tertiary/aromatic N) is 4. The minimum Gasteiger partial charge on any atom is -0.503 e. The lowest BCUT2D eigenvalue weighted by Crippen LogP contribution is -2.64. The predicted molar refractivity (Wildman–Crippen MR) is 104 cm³/mol. The van der Waals surface area contributed by atoms with Crippen LogP contribution >= 0.6 is 0 Å². The first-order valence-electron chi connectivity index (χ1n) is 9.85. The molecule has 2 atom stereocenters. The second kappa shape index (κ2) is 7.27. The molecule has 4 heterocycles. The van der Waals surface area contributed by atoms with Crippen LogP contribution < -0.4 is 10.2 Å². The SMILES string of the molecule is Cn1nc(-c2cc(C(F)(F)F)c(F)c(O)c2F)c2cnc(N3[C@@H]4CNC[C@H]3COC4)cc21. The molecule has 2 aliphatic heterocycles. The molecule has 2 saturated heterocycles. The fraction of sp³-hybridized carbons (Fsp3) is 0.400. The molecule has 0 aliphatic carbocycles. The minimum atomic E-state index is -5.12. The van der Waals surface area contributed by atoms with Gasteiger partial charge in [0, 0.05) is 43.4 Å². The number of nitrogens with one attached hydrogen (secondary N) is 1. The first-order valence-corrected chi connectivity index (χ1v) is 9.85.